The monoisotopic (exact) mass is 284 g/mol. The molecular weight excluding hydrogens is 272 g/mol. The molecule has 1 aliphatic heterocycles. The van der Waals surface area contributed by atoms with Crippen molar-refractivity contribution in [3.63, 3.8) is 0 Å². The van der Waals surface area contributed by atoms with Crippen LogP contribution in [0.4, 0.5) is 4.79 Å². The molecule has 106 valence electrons. The van der Waals surface area contributed by atoms with Gasteiger partial charge in [0.25, 0.3) is 0 Å². The summed E-state index contributed by atoms with van der Waals surface area (Å²) >= 11 is 0. The van der Waals surface area contributed by atoms with Gasteiger partial charge in [0.05, 0.1) is 19.4 Å². The summed E-state index contributed by atoms with van der Waals surface area (Å²) < 4.78 is 5.10. The highest BCUT2D eigenvalue weighted by Gasteiger charge is 2.44. The Morgan fingerprint density at radius 2 is 1.48 bits per heavy atom. The van der Waals surface area contributed by atoms with E-state index in [4.69, 9.17) is 4.42 Å². The van der Waals surface area contributed by atoms with Crippen molar-refractivity contribution in [2.75, 3.05) is 0 Å². The average molecular weight is 284 g/mol. The van der Waals surface area contributed by atoms with Gasteiger partial charge in [-0.1, -0.05) is 30.3 Å². The second kappa shape index (κ2) is 5.24. The number of urea groups is 1. The lowest BCUT2D eigenvalue weighted by molar-refractivity contribution is -0.143. The van der Waals surface area contributed by atoms with Crippen molar-refractivity contribution < 1.29 is 18.8 Å². The molecule has 1 aliphatic rings. The first-order chi connectivity index (χ1) is 10.2. The summed E-state index contributed by atoms with van der Waals surface area (Å²) in [7, 11) is 0. The Balaban J connectivity index is 1.79. The summed E-state index contributed by atoms with van der Waals surface area (Å²) in [6, 6.07) is 11.7. The third-order valence-electron chi connectivity index (χ3n) is 3.21. The van der Waals surface area contributed by atoms with E-state index in [2.05, 4.69) is 0 Å². The Labute approximate surface area is 120 Å². The molecular formula is C15H12N2O4. The fourth-order valence-corrected chi connectivity index (χ4v) is 2.15. The largest absolute Gasteiger partial charge is 0.467 e. The minimum Gasteiger partial charge on any atom is -0.467 e. The molecule has 1 aromatic carbocycles. The summed E-state index contributed by atoms with van der Waals surface area (Å²) in [6.07, 6.45) is 1.45. The fraction of sp³-hybridized carbons (Fsp3) is 0.133. The zero-order valence-corrected chi connectivity index (χ0v) is 11.1. The molecule has 4 amide bonds. The third kappa shape index (κ3) is 2.43. The van der Waals surface area contributed by atoms with Gasteiger partial charge < -0.3 is 4.42 Å². The van der Waals surface area contributed by atoms with E-state index >= 15 is 0 Å². The summed E-state index contributed by atoms with van der Waals surface area (Å²) in [4.78, 5) is 37.9. The van der Waals surface area contributed by atoms with Crippen molar-refractivity contribution in [3.05, 3.63) is 60.1 Å². The second-order valence-electron chi connectivity index (χ2n) is 4.63. The molecule has 0 saturated carbocycles. The molecule has 6 nitrogen and oxygen atoms in total. The van der Waals surface area contributed by atoms with Gasteiger partial charge in [0.1, 0.15) is 5.76 Å². The maximum absolute atomic E-state index is 12.2. The first-order valence-electron chi connectivity index (χ1n) is 6.40. The second-order valence-corrected chi connectivity index (χ2v) is 4.63. The van der Waals surface area contributed by atoms with E-state index in [9.17, 15) is 14.4 Å². The lowest BCUT2D eigenvalue weighted by Crippen LogP contribution is -2.32. The molecule has 21 heavy (non-hydrogen) atoms. The molecule has 2 heterocycles. The Hall–Kier alpha value is -2.89. The Bertz CT molecular complexity index is 679. The highest BCUT2D eigenvalue weighted by atomic mass is 16.3. The van der Waals surface area contributed by atoms with E-state index in [-0.39, 0.29) is 13.1 Å². The Kier molecular flexibility index (Phi) is 3.27. The molecule has 0 atom stereocenters. The number of hydrogen-bond donors (Lipinski definition) is 0. The number of nitrogens with zero attached hydrogens (tertiary/aromatic N) is 2. The highest BCUT2D eigenvalue weighted by molar-refractivity contribution is 6.44. The van der Waals surface area contributed by atoms with E-state index < -0.39 is 17.8 Å². The van der Waals surface area contributed by atoms with Gasteiger partial charge in [0, 0.05) is 0 Å². The molecule has 0 bridgehead atoms. The predicted octanol–water partition coefficient (Wildman–Crippen LogP) is 1.77. The summed E-state index contributed by atoms with van der Waals surface area (Å²) in [5, 5.41) is 0. The zero-order chi connectivity index (χ0) is 14.8. The Morgan fingerprint density at radius 1 is 0.810 bits per heavy atom. The molecule has 2 aromatic rings. The molecule has 1 saturated heterocycles. The topological polar surface area (TPSA) is 70.8 Å². The molecule has 0 radical (unpaired) electrons. The SMILES string of the molecule is O=C1C(=O)N(Cc2ccco2)C(=O)N1Cc1ccccc1. The lowest BCUT2D eigenvalue weighted by Gasteiger charge is -2.14. The van der Waals surface area contributed by atoms with E-state index in [1.54, 1.807) is 24.3 Å². The first kappa shape index (κ1) is 13.1. The number of furan rings is 1. The van der Waals surface area contributed by atoms with Gasteiger partial charge in [0.15, 0.2) is 0 Å². The van der Waals surface area contributed by atoms with E-state index in [1.807, 2.05) is 18.2 Å². The minimum atomic E-state index is -0.827. The van der Waals surface area contributed by atoms with Crippen molar-refractivity contribution in [1.29, 1.82) is 0 Å². The van der Waals surface area contributed by atoms with Crippen LogP contribution in [0.25, 0.3) is 0 Å². The minimum absolute atomic E-state index is 0.0400. The number of benzene rings is 1. The third-order valence-corrected chi connectivity index (χ3v) is 3.21. The lowest BCUT2D eigenvalue weighted by atomic mass is 10.2. The molecule has 0 aliphatic carbocycles. The van der Waals surface area contributed by atoms with Crippen LogP contribution in [0.3, 0.4) is 0 Å². The van der Waals surface area contributed by atoms with Crippen molar-refractivity contribution in [2.24, 2.45) is 0 Å². The first-order valence-corrected chi connectivity index (χ1v) is 6.40. The van der Waals surface area contributed by atoms with E-state index in [0.717, 1.165) is 15.4 Å². The number of rotatable bonds is 4. The molecule has 1 aromatic heterocycles. The molecule has 0 N–H and O–H groups in total. The van der Waals surface area contributed by atoms with Crippen molar-refractivity contribution in [1.82, 2.24) is 9.80 Å². The van der Waals surface area contributed by atoms with Gasteiger partial charge in [-0.3, -0.25) is 14.5 Å². The van der Waals surface area contributed by atoms with Crippen LogP contribution in [0.15, 0.2) is 53.1 Å². The van der Waals surface area contributed by atoms with E-state index in [1.165, 1.54) is 6.26 Å². The molecule has 6 heteroatoms. The van der Waals surface area contributed by atoms with Gasteiger partial charge in [-0.15, -0.1) is 0 Å². The number of carbonyl (C=O) groups is 3. The van der Waals surface area contributed by atoms with Gasteiger partial charge in [-0.2, -0.15) is 0 Å². The van der Waals surface area contributed by atoms with Crippen LogP contribution in [0.2, 0.25) is 0 Å². The quantitative estimate of drug-likeness (QED) is 0.633. The molecule has 3 rings (SSSR count). The smallest absolute Gasteiger partial charge is 0.334 e. The van der Waals surface area contributed by atoms with Crippen LogP contribution < -0.4 is 0 Å². The number of imide groups is 2. The van der Waals surface area contributed by atoms with Crippen LogP contribution in [-0.2, 0) is 22.7 Å². The van der Waals surface area contributed by atoms with Crippen LogP contribution >= 0.6 is 0 Å². The summed E-state index contributed by atoms with van der Waals surface area (Å²) in [5.74, 6) is -1.19. The highest BCUT2D eigenvalue weighted by Crippen LogP contribution is 2.18. The van der Waals surface area contributed by atoms with Crippen LogP contribution in [0.5, 0.6) is 0 Å². The standard InChI is InChI=1S/C15H12N2O4/c18-13-14(19)17(10-12-7-4-8-21-12)15(20)16(13)9-11-5-2-1-3-6-11/h1-8H,9-10H2. The summed E-state index contributed by atoms with van der Waals surface area (Å²) in [6.45, 7) is 0.0423. The number of hydrogen-bond acceptors (Lipinski definition) is 4. The molecule has 0 unspecified atom stereocenters. The van der Waals surface area contributed by atoms with E-state index in [0.29, 0.717) is 5.76 Å². The Morgan fingerprint density at radius 3 is 2.10 bits per heavy atom. The normalized spacial score (nSPS) is 15.1. The van der Waals surface area contributed by atoms with Crippen molar-refractivity contribution >= 4 is 17.8 Å². The van der Waals surface area contributed by atoms with Gasteiger partial charge in [0.2, 0.25) is 0 Å². The zero-order valence-electron chi connectivity index (χ0n) is 11.1. The summed E-state index contributed by atoms with van der Waals surface area (Å²) in [5.41, 5.74) is 0.784. The van der Waals surface area contributed by atoms with Crippen molar-refractivity contribution in [2.45, 2.75) is 13.1 Å². The maximum Gasteiger partial charge on any atom is 0.334 e. The maximum atomic E-state index is 12.2. The fourth-order valence-electron chi connectivity index (χ4n) is 2.15. The predicted molar refractivity (Wildman–Crippen MR) is 71.6 cm³/mol. The molecule has 0 spiro atoms. The number of carbonyl (C=O) groups excluding carboxylic acids is 3. The van der Waals surface area contributed by atoms with Crippen LogP contribution in [-0.4, -0.2) is 27.6 Å². The van der Waals surface area contributed by atoms with Crippen LogP contribution in [0, 0.1) is 0 Å². The molecule has 1 fully saturated rings. The van der Waals surface area contributed by atoms with Gasteiger partial charge >= 0.3 is 17.8 Å². The average Bonchev–Trinajstić information content (AvgIpc) is 3.08. The van der Waals surface area contributed by atoms with Crippen molar-refractivity contribution in [3.8, 4) is 0 Å². The van der Waals surface area contributed by atoms with Gasteiger partial charge in [-0.25, -0.2) is 9.69 Å². The van der Waals surface area contributed by atoms with Gasteiger partial charge in [-0.05, 0) is 17.7 Å². The number of amides is 4. The van der Waals surface area contributed by atoms with Crippen LogP contribution in [0.1, 0.15) is 11.3 Å².